The molecule has 1 fully saturated rings. The Morgan fingerprint density at radius 3 is 2.86 bits per heavy atom. The van der Waals surface area contributed by atoms with Gasteiger partial charge in [0.25, 0.3) is 0 Å². The summed E-state index contributed by atoms with van der Waals surface area (Å²) < 4.78 is 5.34. The highest BCUT2D eigenvalue weighted by atomic mass is 16.5. The van der Waals surface area contributed by atoms with Crippen molar-refractivity contribution in [3.63, 3.8) is 0 Å². The van der Waals surface area contributed by atoms with Gasteiger partial charge in [-0.1, -0.05) is 13.8 Å². The third-order valence-electron chi connectivity index (χ3n) is 2.89. The standard InChI is InChI=1S/C12H25NO/c1-11(2)4-3-7-13-8-5-12-6-9-14-10-12/h11-13H,3-10H2,1-2H3. The first-order valence-electron chi connectivity index (χ1n) is 6.07. The molecular weight excluding hydrogens is 174 g/mol. The number of rotatable bonds is 7. The Hall–Kier alpha value is -0.0800. The molecule has 0 amide bonds. The van der Waals surface area contributed by atoms with Gasteiger partial charge in [0.15, 0.2) is 0 Å². The van der Waals surface area contributed by atoms with Gasteiger partial charge in [0.2, 0.25) is 0 Å². The number of hydrogen-bond donors (Lipinski definition) is 1. The van der Waals surface area contributed by atoms with Crippen LogP contribution < -0.4 is 5.32 Å². The molecule has 0 aromatic heterocycles. The summed E-state index contributed by atoms with van der Waals surface area (Å²) in [6.45, 7) is 8.91. The molecule has 1 unspecified atom stereocenters. The molecule has 14 heavy (non-hydrogen) atoms. The van der Waals surface area contributed by atoms with Gasteiger partial charge in [-0.15, -0.1) is 0 Å². The zero-order chi connectivity index (χ0) is 10.2. The molecule has 84 valence electrons. The monoisotopic (exact) mass is 199 g/mol. The van der Waals surface area contributed by atoms with Gasteiger partial charge in [0.1, 0.15) is 0 Å². The fourth-order valence-corrected chi connectivity index (χ4v) is 1.88. The van der Waals surface area contributed by atoms with E-state index >= 15 is 0 Å². The summed E-state index contributed by atoms with van der Waals surface area (Å²) in [4.78, 5) is 0. The number of hydrogen-bond acceptors (Lipinski definition) is 2. The molecule has 0 saturated carbocycles. The topological polar surface area (TPSA) is 21.3 Å². The number of ether oxygens (including phenoxy) is 1. The summed E-state index contributed by atoms with van der Waals surface area (Å²) in [7, 11) is 0. The van der Waals surface area contributed by atoms with Crippen LogP contribution in [0.1, 0.15) is 39.5 Å². The van der Waals surface area contributed by atoms with Crippen molar-refractivity contribution >= 4 is 0 Å². The van der Waals surface area contributed by atoms with E-state index in [1.807, 2.05) is 0 Å². The highest BCUT2D eigenvalue weighted by Crippen LogP contribution is 2.15. The second kappa shape index (κ2) is 7.24. The molecule has 0 aromatic rings. The molecule has 1 atom stereocenters. The predicted octanol–water partition coefficient (Wildman–Crippen LogP) is 2.44. The lowest BCUT2D eigenvalue weighted by Gasteiger charge is -2.09. The normalized spacial score (nSPS) is 22.1. The van der Waals surface area contributed by atoms with Crippen molar-refractivity contribution in [3.05, 3.63) is 0 Å². The van der Waals surface area contributed by atoms with Crippen LogP contribution in [0.25, 0.3) is 0 Å². The van der Waals surface area contributed by atoms with Crippen LogP contribution in [0.3, 0.4) is 0 Å². The van der Waals surface area contributed by atoms with Crippen LogP contribution in [0, 0.1) is 11.8 Å². The lowest BCUT2D eigenvalue weighted by molar-refractivity contribution is 0.184. The second-order valence-electron chi connectivity index (χ2n) is 4.80. The third kappa shape index (κ3) is 5.61. The Labute approximate surface area is 88.4 Å². The van der Waals surface area contributed by atoms with E-state index in [2.05, 4.69) is 19.2 Å². The Kier molecular flexibility index (Phi) is 6.20. The lowest BCUT2D eigenvalue weighted by Crippen LogP contribution is -2.19. The molecule has 1 aliphatic heterocycles. The van der Waals surface area contributed by atoms with E-state index in [0.29, 0.717) is 0 Å². The zero-order valence-corrected chi connectivity index (χ0v) is 9.72. The third-order valence-corrected chi connectivity index (χ3v) is 2.89. The van der Waals surface area contributed by atoms with Gasteiger partial charge in [-0.2, -0.15) is 0 Å². The second-order valence-corrected chi connectivity index (χ2v) is 4.80. The van der Waals surface area contributed by atoms with E-state index in [9.17, 15) is 0 Å². The minimum absolute atomic E-state index is 0.826. The molecular formula is C12H25NO. The molecule has 1 heterocycles. The van der Waals surface area contributed by atoms with Crippen molar-refractivity contribution in [1.29, 1.82) is 0 Å². The van der Waals surface area contributed by atoms with Gasteiger partial charge in [-0.3, -0.25) is 0 Å². The maximum absolute atomic E-state index is 5.34. The molecule has 1 N–H and O–H groups in total. The predicted molar refractivity (Wildman–Crippen MR) is 60.5 cm³/mol. The minimum atomic E-state index is 0.826. The zero-order valence-electron chi connectivity index (χ0n) is 9.72. The highest BCUT2D eigenvalue weighted by Gasteiger charge is 2.14. The summed E-state index contributed by atoms with van der Waals surface area (Å²) in [5, 5.41) is 3.51. The van der Waals surface area contributed by atoms with Crippen LogP contribution in [-0.4, -0.2) is 26.3 Å². The van der Waals surface area contributed by atoms with E-state index in [1.54, 1.807) is 0 Å². The van der Waals surface area contributed by atoms with E-state index in [1.165, 1.54) is 38.8 Å². The average molecular weight is 199 g/mol. The summed E-state index contributed by atoms with van der Waals surface area (Å²) in [5.41, 5.74) is 0. The van der Waals surface area contributed by atoms with Crippen LogP contribution in [-0.2, 0) is 4.74 Å². The quantitative estimate of drug-likeness (QED) is 0.636. The van der Waals surface area contributed by atoms with Crippen molar-refractivity contribution in [2.45, 2.75) is 39.5 Å². The van der Waals surface area contributed by atoms with Gasteiger partial charge in [0, 0.05) is 13.2 Å². The van der Waals surface area contributed by atoms with Crippen LogP contribution in [0.5, 0.6) is 0 Å². The molecule has 0 radical (unpaired) electrons. The summed E-state index contributed by atoms with van der Waals surface area (Å²) in [6.07, 6.45) is 5.23. The van der Waals surface area contributed by atoms with Gasteiger partial charge >= 0.3 is 0 Å². The molecule has 0 aliphatic carbocycles. The van der Waals surface area contributed by atoms with Gasteiger partial charge < -0.3 is 10.1 Å². The SMILES string of the molecule is CC(C)CCCNCCC1CCOC1. The first kappa shape index (κ1) is 12.0. The maximum Gasteiger partial charge on any atom is 0.0495 e. The van der Waals surface area contributed by atoms with Gasteiger partial charge in [-0.05, 0) is 50.6 Å². The fourth-order valence-electron chi connectivity index (χ4n) is 1.88. The lowest BCUT2D eigenvalue weighted by atomic mass is 10.1. The van der Waals surface area contributed by atoms with Crippen molar-refractivity contribution in [3.8, 4) is 0 Å². The summed E-state index contributed by atoms with van der Waals surface area (Å²) >= 11 is 0. The van der Waals surface area contributed by atoms with E-state index in [0.717, 1.165) is 25.0 Å². The molecule has 2 nitrogen and oxygen atoms in total. The Morgan fingerprint density at radius 1 is 1.36 bits per heavy atom. The molecule has 0 bridgehead atoms. The first-order valence-corrected chi connectivity index (χ1v) is 6.07. The van der Waals surface area contributed by atoms with Gasteiger partial charge in [0.05, 0.1) is 0 Å². The molecule has 1 saturated heterocycles. The van der Waals surface area contributed by atoms with E-state index in [-0.39, 0.29) is 0 Å². The van der Waals surface area contributed by atoms with Crippen LogP contribution in [0.15, 0.2) is 0 Å². The van der Waals surface area contributed by atoms with Crippen molar-refractivity contribution in [2.24, 2.45) is 11.8 Å². The first-order chi connectivity index (χ1) is 6.79. The summed E-state index contributed by atoms with van der Waals surface area (Å²) in [6, 6.07) is 0. The molecule has 0 aromatic carbocycles. The Bertz CT molecular complexity index is 130. The molecule has 0 spiro atoms. The Morgan fingerprint density at radius 2 is 2.21 bits per heavy atom. The van der Waals surface area contributed by atoms with Crippen molar-refractivity contribution in [1.82, 2.24) is 5.32 Å². The maximum atomic E-state index is 5.34. The molecule has 2 heteroatoms. The smallest absolute Gasteiger partial charge is 0.0495 e. The van der Waals surface area contributed by atoms with Crippen LogP contribution in [0.2, 0.25) is 0 Å². The highest BCUT2D eigenvalue weighted by molar-refractivity contribution is 4.65. The van der Waals surface area contributed by atoms with Crippen LogP contribution >= 0.6 is 0 Å². The van der Waals surface area contributed by atoms with E-state index < -0.39 is 0 Å². The van der Waals surface area contributed by atoms with Crippen molar-refractivity contribution < 1.29 is 4.74 Å². The van der Waals surface area contributed by atoms with Gasteiger partial charge in [-0.25, -0.2) is 0 Å². The number of nitrogens with one attached hydrogen (secondary N) is 1. The molecule has 1 aliphatic rings. The average Bonchev–Trinajstić information content (AvgIpc) is 2.63. The fraction of sp³-hybridized carbons (Fsp3) is 1.00. The van der Waals surface area contributed by atoms with E-state index in [4.69, 9.17) is 4.74 Å². The minimum Gasteiger partial charge on any atom is -0.381 e. The Balaban J connectivity index is 1.79. The van der Waals surface area contributed by atoms with Crippen LogP contribution in [0.4, 0.5) is 0 Å². The largest absolute Gasteiger partial charge is 0.381 e. The van der Waals surface area contributed by atoms with Crippen molar-refractivity contribution in [2.75, 3.05) is 26.3 Å². The molecule has 1 rings (SSSR count). The summed E-state index contributed by atoms with van der Waals surface area (Å²) in [5.74, 6) is 1.67.